The Kier molecular flexibility index (Phi) is 5.43. The zero-order chi connectivity index (χ0) is 16.8. The zero-order valence-electron chi connectivity index (χ0n) is 13.1. The molecule has 2 N–H and O–H groups in total. The molecule has 1 amide bonds. The standard InChI is InChI=1S/C17H19N3O3/c1-12-10-15(20(22)23)8-9-16(12)19-17(21)11-18-13(2)14-6-4-3-5-7-14/h3-10,13,18H,11H2,1-2H3,(H,19,21)/t13-/m1/s1. The van der Waals surface area contributed by atoms with Crippen LogP contribution < -0.4 is 10.6 Å². The van der Waals surface area contributed by atoms with Crippen LogP contribution in [0.4, 0.5) is 11.4 Å². The van der Waals surface area contributed by atoms with Crippen molar-refractivity contribution >= 4 is 17.3 Å². The second kappa shape index (κ2) is 7.51. The van der Waals surface area contributed by atoms with Gasteiger partial charge in [-0.05, 0) is 31.0 Å². The molecule has 0 saturated carbocycles. The molecule has 0 unspecified atom stereocenters. The molecule has 120 valence electrons. The van der Waals surface area contributed by atoms with Crippen LogP contribution in [0.1, 0.15) is 24.1 Å². The molecular formula is C17H19N3O3. The van der Waals surface area contributed by atoms with E-state index in [2.05, 4.69) is 10.6 Å². The highest BCUT2D eigenvalue weighted by atomic mass is 16.6. The molecule has 2 aromatic carbocycles. The van der Waals surface area contributed by atoms with Gasteiger partial charge in [0, 0.05) is 23.9 Å². The summed E-state index contributed by atoms with van der Waals surface area (Å²) >= 11 is 0. The molecule has 23 heavy (non-hydrogen) atoms. The quantitative estimate of drug-likeness (QED) is 0.633. The number of carbonyl (C=O) groups is 1. The smallest absolute Gasteiger partial charge is 0.269 e. The van der Waals surface area contributed by atoms with E-state index in [1.165, 1.54) is 12.1 Å². The van der Waals surface area contributed by atoms with Crippen molar-refractivity contribution in [2.45, 2.75) is 19.9 Å². The number of hydrogen-bond acceptors (Lipinski definition) is 4. The second-order valence-corrected chi connectivity index (χ2v) is 5.32. The molecule has 6 heteroatoms. The minimum Gasteiger partial charge on any atom is -0.325 e. The van der Waals surface area contributed by atoms with Crippen LogP contribution in [0.5, 0.6) is 0 Å². The van der Waals surface area contributed by atoms with Crippen LogP contribution in [-0.2, 0) is 4.79 Å². The maximum absolute atomic E-state index is 12.0. The number of aryl methyl sites for hydroxylation is 1. The Morgan fingerprint density at radius 1 is 1.22 bits per heavy atom. The van der Waals surface area contributed by atoms with Crippen molar-refractivity contribution in [2.75, 3.05) is 11.9 Å². The molecule has 1 atom stereocenters. The molecule has 0 spiro atoms. The van der Waals surface area contributed by atoms with Gasteiger partial charge in [0.05, 0.1) is 11.5 Å². The van der Waals surface area contributed by atoms with Gasteiger partial charge in [-0.15, -0.1) is 0 Å². The first-order chi connectivity index (χ1) is 11.0. The summed E-state index contributed by atoms with van der Waals surface area (Å²) in [6.45, 7) is 3.87. The first kappa shape index (κ1) is 16.6. The van der Waals surface area contributed by atoms with Gasteiger partial charge in [-0.3, -0.25) is 14.9 Å². The zero-order valence-corrected chi connectivity index (χ0v) is 13.1. The van der Waals surface area contributed by atoms with Crippen LogP contribution in [0.2, 0.25) is 0 Å². The average molecular weight is 313 g/mol. The molecule has 0 saturated heterocycles. The van der Waals surface area contributed by atoms with Crippen LogP contribution in [-0.4, -0.2) is 17.4 Å². The molecule has 0 fully saturated rings. The number of benzene rings is 2. The van der Waals surface area contributed by atoms with E-state index in [0.29, 0.717) is 11.3 Å². The summed E-state index contributed by atoms with van der Waals surface area (Å²) in [6, 6.07) is 14.3. The normalized spacial score (nSPS) is 11.7. The number of nitrogens with zero attached hydrogens (tertiary/aromatic N) is 1. The van der Waals surface area contributed by atoms with Crippen LogP contribution in [0.3, 0.4) is 0 Å². The number of amides is 1. The van der Waals surface area contributed by atoms with E-state index < -0.39 is 4.92 Å². The molecule has 2 aromatic rings. The van der Waals surface area contributed by atoms with E-state index in [9.17, 15) is 14.9 Å². The van der Waals surface area contributed by atoms with Gasteiger partial charge in [-0.1, -0.05) is 30.3 Å². The van der Waals surface area contributed by atoms with E-state index in [4.69, 9.17) is 0 Å². The summed E-state index contributed by atoms with van der Waals surface area (Å²) in [4.78, 5) is 22.3. The van der Waals surface area contributed by atoms with Gasteiger partial charge >= 0.3 is 0 Å². The fourth-order valence-corrected chi connectivity index (χ4v) is 2.20. The predicted molar refractivity (Wildman–Crippen MR) is 89.3 cm³/mol. The van der Waals surface area contributed by atoms with Crippen LogP contribution in [0.25, 0.3) is 0 Å². The van der Waals surface area contributed by atoms with Gasteiger partial charge in [0.15, 0.2) is 0 Å². The Labute approximate surface area is 134 Å². The van der Waals surface area contributed by atoms with Crippen molar-refractivity contribution in [3.05, 3.63) is 69.8 Å². The average Bonchev–Trinajstić information content (AvgIpc) is 2.55. The van der Waals surface area contributed by atoms with E-state index >= 15 is 0 Å². The van der Waals surface area contributed by atoms with Gasteiger partial charge in [-0.2, -0.15) is 0 Å². The van der Waals surface area contributed by atoms with E-state index in [-0.39, 0.29) is 24.2 Å². The summed E-state index contributed by atoms with van der Waals surface area (Å²) in [5.74, 6) is -0.190. The maximum atomic E-state index is 12.0. The van der Waals surface area contributed by atoms with Gasteiger partial charge in [0.1, 0.15) is 0 Å². The monoisotopic (exact) mass is 313 g/mol. The maximum Gasteiger partial charge on any atom is 0.269 e. The van der Waals surface area contributed by atoms with Crippen molar-refractivity contribution in [1.29, 1.82) is 0 Å². The Morgan fingerprint density at radius 2 is 1.91 bits per heavy atom. The highest BCUT2D eigenvalue weighted by molar-refractivity contribution is 5.93. The summed E-state index contributed by atoms with van der Waals surface area (Å²) in [5.41, 5.74) is 2.35. The lowest BCUT2D eigenvalue weighted by atomic mass is 10.1. The molecule has 0 aliphatic heterocycles. The molecule has 2 rings (SSSR count). The van der Waals surface area contributed by atoms with Crippen LogP contribution in [0, 0.1) is 17.0 Å². The molecule has 0 aliphatic carbocycles. The van der Waals surface area contributed by atoms with Gasteiger partial charge in [0.25, 0.3) is 5.69 Å². The third-order valence-corrected chi connectivity index (χ3v) is 3.56. The summed E-state index contributed by atoms with van der Waals surface area (Å²) < 4.78 is 0. The van der Waals surface area contributed by atoms with Crippen molar-refractivity contribution in [2.24, 2.45) is 0 Å². The van der Waals surface area contributed by atoms with Crippen LogP contribution in [0.15, 0.2) is 48.5 Å². The summed E-state index contributed by atoms with van der Waals surface area (Å²) in [6.07, 6.45) is 0. The number of nitro benzene ring substituents is 1. The SMILES string of the molecule is Cc1cc([N+](=O)[O-])ccc1NC(=O)CN[C@H](C)c1ccccc1. The van der Waals surface area contributed by atoms with Crippen molar-refractivity contribution in [1.82, 2.24) is 5.32 Å². The van der Waals surface area contributed by atoms with Gasteiger partial charge in [-0.25, -0.2) is 0 Å². The number of non-ortho nitro benzene ring substituents is 1. The van der Waals surface area contributed by atoms with E-state index in [0.717, 1.165) is 5.56 Å². The third kappa shape index (κ3) is 4.62. The van der Waals surface area contributed by atoms with E-state index in [1.54, 1.807) is 13.0 Å². The number of nitrogens with one attached hydrogen (secondary N) is 2. The molecule has 0 aromatic heterocycles. The largest absolute Gasteiger partial charge is 0.325 e. The number of carbonyl (C=O) groups excluding carboxylic acids is 1. The molecule has 0 heterocycles. The predicted octanol–water partition coefficient (Wildman–Crippen LogP) is 3.19. The molecule has 0 radical (unpaired) electrons. The number of rotatable bonds is 6. The number of nitro groups is 1. The second-order valence-electron chi connectivity index (χ2n) is 5.32. The minimum atomic E-state index is -0.457. The van der Waals surface area contributed by atoms with E-state index in [1.807, 2.05) is 37.3 Å². The van der Waals surface area contributed by atoms with Crippen molar-refractivity contribution < 1.29 is 9.72 Å². The Hall–Kier alpha value is -2.73. The Morgan fingerprint density at radius 3 is 2.52 bits per heavy atom. The minimum absolute atomic E-state index is 0.0105. The Balaban J connectivity index is 1.91. The lowest BCUT2D eigenvalue weighted by Gasteiger charge is -2.14. The highest BCUT2D eigenvalue weighted by Crippen LogP contribution is 2.21. The highest BCUT2D eigenvalue weighted by Gasteiger charge is 2.11. The number of hydrogen-bond donors (Lipinski definition) is 2. The Bertz CT molecular complexity index is 701. The lowest BCUT2D eigenvalue weighted by Crippen LogP contribution is -2.30. The summed E-state index contributed by atoms with van der Waals surface area (Å²) in [5, 5.41) is 16.6. The fraction of sp³-hybridized carbons (Fsp3) is 0.235. The van der Waals surface area contributed by atoms with Gasteiger partial charge < -0.3 is 10.6 Å². The molecule has 6 nitrogen and oxygen atoms in total. The number of anilines is 1. The third-order valence-electron chi connectivity index (χ3n) is 3.56. The van der Waals surface area contributed by atoms with Gasteiger partial charge in [0.2, 0.25) is 5.91 Å². The fourth-order valence-electron chi connectivity index (χ4n) is 2.20. The first-order valence-corrected chi connectivity index (χ1v) is 7.30. The molecule has 0 aliphatic rings. The van der Waals surface area contributed by atoms with Crippen LogP contribution >= 0.6 is 0 Å². The van der Waals surface area contributed by atoms with Crippen molar-refractivity contribution in [3.8, 4) is 0 Å². The lowest BCUT2D eigenvalue weighted by molar-refractivity contribution is -0.384. The molecule has 0 bridgehead atoms. The first-order valence-electron chi connectivity index (χ1n) is 7.30. The molecular weight excluding hydrogens is 294 g/mol. The topological polar surface area (TPSA) is 84.3 Å². The van der Waals surface area contributed by atoms with Crippen molar-refractivity contribution in [3.63, 3.8) is 0 Å². The summed E-state index contributed by atoms with van der Waals surface area (Å²) in [7, 11) is 0.